The summed E-state index contributed by atoms with van der Waals surface area (Å²) in [4.78, 5) is 2.30. The highest BCUT2D eigenvalue weighted by Crippen LogP contribution is 2.19. The van der Waals surface area contributed by atoms with Crippen LogP contribution in [0.1, 0.15) is 26.2 Å². The lowest BCUT2D eigenvalue weighted by Crippen LogP contribution is -2.51. The molecule has 0 saturated carbocycles. The van der Waals surface area contributed by atoms with Gasteiger partial charge in [-0.2, -0.15) is 0 Å². The van der Waals surface area contributed by atoms with Gasteiger partial charge in [0.2, 0.25) is 0 Å². The van der Waals surface area contributed by atoms with Crippen LogP contribution >= 0.6 is 0 Å². The minimum Gasteiger partial charge on any atom is -0.389 e. The molecule has 0 aromatic rings. The molecule has 0 aliphatic carbocycles. The fraction of sp³-hybridized carbons (Fsp3) is 1.00. The van der Waals surface area contributed by atoms with Crippen LogP contribution in [-0.4, -0.2) is 68.2 Å². The first-order valence-electron chi connectivity index (χ1n) is 6.89. The molecule has 3 N–H and O–H groups in total. The monoisotopic (exact) mass is 260 g/mol. The fourth-order valence-electron chi connectivity index (χ4n) is 2.52. The number of aliphatic hydroxyl groups is 1. The van der Waals surface area contributed by atoms with E-state index >= 15 is 0 Å². The number of hydrogen-bond acceptors (Lipinski definition) is 5. The number of piperidine rings is 1. The summed E-state index contributed by atoms with van der Waals surface area (Å²) < 4.78 is 10.2. The molecule has 1 saturated heterocycles. The minimum absolute atomic E-state index is 0.159. The molecule has 1 heterocycles. The van der Waals surface area contributed by atoms with Crippen LogP contribution in [0.25, 0.3) is 0 Å². The van der Waals surface area contributed by atoms with E-state index in [0.29, 0.717) is 32.4 Å². The van der Waals surface area contributed by atoms with Crippen molar-refractivity contribution < 1.29 is 14.6 Å². The number of methoxy groups -OCH3 is 1. The molecule has 1 aliphatic heterocycles. The van der Waals surface area contributed by atoms with E-state index in [1.165, 1.54) is 12.8 Å². The van der Waals surface area contributed by atoms with Gasteiger partial charge in [0.15, 0.2) is 0 Å². The van der Waals surface area contributed by atoms with E-state index in [9.17, 15) is 5.11 Å². The van der Waals surface area contributed by atoms with E-state index in [2.05, 4.69) is 4.90 Å². The molecule has 1 rings (SSSR count). The average Bonchev–Trinajstić information content (AvgIpc) is 2.35. The largest absolute Gasteiger partial charge is 0.389 e. The standard InChI is InChI=1S/C13H28N2O3/c1-11(14)13-5-3-4-6-15(13)9-12(16)10-18-8-7-17-2/h11-13,16H,3-10,14H2,1-2H3. The SMILES string of the molecule is COCCOCC(O)CN1CCCCC1C(C)N. The zero-order valence-electron chi connectivity index (χ0n) is 11.7. The predicted molar refractivity (Wildman–Crippen MR) is 71.6 cm³/mol. The molecule has 5 nitrogen and oxygen atoms in total. The van der Waals surface area contributed by atoms with Crippen molar-refractivity contribution in [1.82, 2.24) is 4.90 Å². The summed E-state index contributed by atoms with van der Waals surface area (Å²) in [7, 11) is 1.64. The Morgan fingerprint density at radius 1 is 1.39 bits per heavy atom. The van der Waals surface area contributed by atoms with Gasteiger partial charge in [-0.15, -0.1) is 0 Å². The van der Waals surface area contributed by atoms with Crippen molar-refractivity contribution >= 4 is 0 Å². The lowest BCUT2D eigenvalue weighted by atomic mass is 9.96. The van der Waals surface area contributed by atoms with Gasteiger partial charge in [0, 0.05) is 25.7 Å². The van der Waals surface area contributed by atoms with Crippen LogP contribution in [-0.2, 0) is 9.47 Å². The molecule has 5 heteroatoms. The molecule has 0 aromatic carbocycles. The lowest BCUT2D eigenvalue weighted by molar-refractivity contribution is -0.0127. The van der Waals surface area contributed by atoms with E-state index in [0.717, 1.165) is 13.0 Å². The summed E-state index contributed by atoms with van der Waals surface area (Å²) in [5, 5.41) is 9.95. The Morgan fingerprint density at radius 3 is 2.83 bits per heavy atom. The molecule has 0 amide bonds. The first-order valence-corrected chi connectivity index (χ1v) is 6.89. The van der Waals surface area contributed by atoms with Crippen molar-refractivity contribution in [3.05, 3.63) is 0 Å². The third-order valence-corrected chi connectivity index (χ3v) is 3.46. The van der Waals surface area contributed by atoms with Crippen LogP contribution < -0.4 is 5.73 Å². The molecule has 1 fully saturated rings. The molecule has 108 valence electrons. The molecular formula is C13H28N2O3. The summed E-state index contributed by atoms with van der Waals surface area (Å²) in [6.07, 6.45) is 3.12. The van der Waals surface area contributed by atoms with Crippen molar-refractivity contribution in [2.24, 2.45) is 5.73 Å². The maximum atomic E-state index is 9.95. The van der Waals surface area contributed by atoms with Gasteiger partial charge < -0.3 is 20.3 Å². The Balaban J connectivity index is 2.25. The minimum atomic E-state index is -0.443. The highest BCUT2D eigenvalue weighted by molar-refractivity contribution is 4.84. The van der Waals surface area contributed by atoms with Gasteiger partial charge in [0.1, 0.15) is 0 Å². The van der Waals surface area contributed by atoms with Crippen molar-refractivity contribution in [2.75, 3.05) is 40.0 Å². The molecule has 0 aromatic heterocycles. The van der Waals surface area contributed by atoms with Crippen LogP contribution in [0.4, 0.5) is 0 Å². The van der Waals surface area contributed by atoms with Crippen molar-refractivity contribution in [3.8, 4) is 0 Å². The van der Waals surface area contributed by atoms with Crippen molar-refractivity contribution in [1.29, 1.82) is 0 Å². The second-order valence-electron chi connectivity index (χ2n) is 5.14. The molecule has 1 aliphatic rings. The topological polar surface area (TPSA) is 68.0 Å². The van der Waals surface area contributed by atoms with Crippen LogP contribution in [0, 0.1) is 0 Å². The number of nitrogens with two attached hydrogens (primary N) is 1. The van der Waals surface area contributed by atoms with E-state index < -0.39 is 6.10 Å². The van der Waals surface area contributed by atoms with Crippen LogP contribution in [0.15, 0.2) is 0 Å². The van der Waals surface area contributed by atoms with Gasteiger partial charge in [-0.1, -0.05) is 6.42 Å². The Morgan fingerprint density at radius 2 is 2.17 bits per heavy atom. The van der Waals surface area contributed by atoms with Gasteiger partial charge in [0.25, 0.3) is 0 Å². The Bertz CT molecular complexity index is 214. The average molecular weight is 260 g/mol. The quantitative estimate of drug-likeness (QED) is 0.611. The lowest BCUT2D eigenvalue weighted by Gasteiger charge is -2.39. The van der Waals surface area contributed by atoms with E-state index in [1.54, 1.807) is 7.11 Å². The Kier molecular flexibility index (Phi) is 7.77. The third kappa shape index (κ3) is 5.63. The number of β-amino-alcohol motifs (C(OH)–C–C–N with tert-alkyl or cyclic N) is 1. The van der Waals surface area contributed by atoms with Crippen molar-refractivity contribution in [2.45, 2.75) is 44.4 Å². The maximum absolute atomic E-state index is 9.95. The number of hydrogen-bond donors (Lipinski definition) is 2. The number of aliphatic hydroxyl groups excluding tert-OH is 1. The molecule has 3 unspecified atom stereocenters. The summed E-state index contributed by atoms with van der Waals surface area (Å²) in [6, 6.07) is 0.555. The van der Waals surface area contributed by atoms with Crippen LogP contribution in [0.5, 0.6) is 0 Å². The number of likely N-dealkylation sites (tertiary alicyclic amines) is 1. The first kappa shape index (κ1) is 15.9. The molecule has 18 heavy (non-hydrogen) atoms. The molecule has 0 radical (unpaired) electrons. The molecular weight excluding hydrogens is 232 g/mol. The second-order valence-corrected chi connectivity index (χ2v) is 5.14. The van der Waals surface area contributed by atoms with Gasteiger partial charge in [0.05, 0.1) is 25.9 Å². The van der Waals surface area contributed by atoms with Crippen LogP contribution in [0.2, 0.25) is 0 Å². The predicted octanol–water partition coefficient (Wildman–Crippen LogP) is 0.212. The summed E-state index contributed by atoms with van der Waals surface area (Å²) in [5.41, 5.74) is 6.00. The molecule has 0 bridgehead atoms. The smallest absolute Gasteiger partial charge is 0.0900 e. The number of ether oxygens (including phenoxy) is 2. The zero-order valence-corrected chi connectivity index (χ0v) is 11.7. The Hall–Kier alpha value is -0.200. The number of rotatable bonds is 8. The highest BCUT2D eigenvalue weighted by atomic mass is 16.5. The van der Waals surface area contributed by atoms with Gasteiger partial charge in [-0.05, 0) is 26.3 Å². The number of nitrogens with zero attached hydrogens (tertiary/aromatic N) is 1. The summed E-state index contributed by atoms with van der Waals surface area (Å²) >= 11 is 0. The fourth-order valence-corrected chi connectivity index (χ4v) is 2.52. The highest BCUT2D eigenvalue weighted by Gasteiger charge is 2.26. The summed E-state index contributed by atoms with van der Waals surface area (Å²) in [5.74, 6) is 0. The zero-order chi connectivity index (χ0) is 13.4. The van der Waals surface area contributed by atoms with Crippen LogP contribution in [0.3, 0.4) is 0 Å². The summed E-state index contributed by atoms with van der Waals surface area (Å²) in [6.45, 7) is 5.19. The molecule has 3 atom stereocenters. The first-order chi connectivity index (χ1) is 8.65. The van der Waals surface area contributed by atoms with E-state index in [4.69, 9.17) is 15.2 Å². The second kappa shape index (κ2) is 8.82. The van der Waals surface area contributed by atoms with E-state index in [-0.39, 0.29) is 6.04 Å². The third-order valence-electron chi connectivity index (χ3n) is 3.46. The van der Waals surface area contributed by atoms with Gasteiger partial charge >= 0.3 is 0 Å². The van der Waals surface area contributed by atoms with E-state index in [1.807, 2.05) is 6.92 Å². The van der Waals surface area contributed by atoms with Crippen molar-refractivity contribution in [3.63, 3.8) is 0 Å². The maximum Gasteiger partial charge on any atom is 0.0900 e. The Labute approximate surface area is 110 Å². The van der Waals surface area contributed by atoms with Gasteiger partial charge in [-0.25, -0.2) is 0 Å². The normalized spacial score (nSPS) is 25.0. The van der Waals surface area contributed by atoms with Gasteiger partial charge in [-0.3, -0.25) is 4.90 Å². The molecule has 0 spiro atoms.